The monoisotopic (exact) mass is 320 g/mol. The molecule has 0 nitrogen and oxygen atoms in total. The molecule has 2 rings (SSSR count). The predicted octanol–water partition coefficient (Wildman–Crippen LogP) is 7.72. The number of hydrogen-bond donors (Lipinski definition) is 0. The molecule has 136 valence electrons. The fraction of sp³-hybridized carbons (Fsp3) is 1.00. The van der Waals surface area contributed by atoms with Crippen LogP contribution in [0.2, 0.25) is 0 Å². The van der Waals surface area contributed by atoms with Gasteiger partial charge in [0.1, 0.15) is 0 Å². The summed E-state index contributed by atoms with van der Waals surface area (Å²) in [4.78, 5) is 0. The third kappa shape index (κ3) is 4.55. The first-order chi connectivity index (χ1) is 10.4. The summed E-state index contributed by atoms with van der Waals surface area (Å²) in [7, 11) is 0. The molecule has 2 aliphatic rings. The second-order valence-corrected chi connectivity index (χ2v) is 11.5. The Labute approximate surface area is 147 Å². The van der Waals surface area contributed by atoms with Crippen molar-refractivity contribution in [2.75, 3.05) is 0 Å². The van der Waals surface area contributed by atoms with E-state index in [1.807, 2.05) is 0 Å². The van der Waals surface area contributed by atoms with Gasteiger partial charge in [-0.05, 0) is 91.3 Å². The molecule has 0 aliphatic heterocycles. The van der Waals surface area contributed by atoms with Crippen LogP contribution in [-0.2, 0) is 0 Å². The summed E-state index contributed by atoms with van der Waals surface area (Å²) in [5.41, 5.74) is 1.63. The molecular weight excluding hydrogens is 276 g/mol. The first kappa shape index (κ1) is 19.3. The molecule has 4 unspecified atom stereocenters. The second-order valence-electron chi connectivity index (χ2n) is 11.5. The molecule has 0 heteroatoms. The SMILES string of the molecule is CC1CCC(C)(C)CCC1C(C)(C)C1CCC(C)(C)CCC1C. The van der Waals surface area contributed by atoms with Crippen LogP contribution < -0.4 is 0 Å². The quantitative estimate of drug-likeness (QED) is 0.457. The second kappa shape index (κ2) is 6.72. The minimum Gasteiger partial charge on any atom is -0.0622 e. The van der Waals surface area contributed by atoms with Crippen molar-refractivity contribution < 1.29 is 0 Å². The maximum Gasteiger partial charge on any atom is -0.0293 e. The van der Waals surface area contributed by atoms with E-state index in [1.54, 1.807) is 0 Å². The molecule has 0 aromatic carbocycles. The Balaban J connectivity index is 2.18. The zero-order chi connectivity index (χ0) is 17.5. The normalized spacial score (nSPS) is 38.6. The van der Waals surface area contributed by atoms with Gasteiger partial charge in [0.25, 0.3) is 0 Å². The minimum atomic E-state index is 0.500. The Hall–Kier alpha value is 0. The Morgan fingerprint density at radius 2 is 0.913 bits per heavy atom. The molecule has 2 saturated carbocycles. The van der Waals surface area contributed by atoms with E-state index in [4.69, 9.17) is 0 Å². The average molecular weight is 321 g/mol. The Morgan fingerprint density at radius 1 is 0.609 bits per heavy atom. The van der Waals surface area contributed by atoms with E-state index < -0.39 is 0 Å². The fourth-order valence-corrected chi connectivity index (χ4v) is 6.04. The van der Waals surface area contributed by atoms with Crippen molar-refractivity contribution in [3.8, 4) is 0 Å². The van der Waals surface area contributed by atoms with Gasteiger partial charge in [0, 0.05) is 0 Å². The van der Waals surface area contributed by atoms with Crippen molar-refractivity contribution in [1.29, 1.82) is 0 Å². The maximum absolute atomic E-state index is 2.63. The highest BCUT2D eigenvalue weighted by Gasteiger charge is 2.45. The van der Waals surface area contributed by atoms with Crippen LogP contribution in [0.25, 0.3) is 0 Å². The minimum absolute atomic E-state index is 0.500. The molecule has 0 aromatic heterocycles. The lowest BCUT2D eigenvalue weighted by atomic mass is 9.59. The molecule has 0 bridgehead atoms. The summed E-state index contributed by atoms with van der Waals surface area (Å²) in [5.74, 6) is 3.63. The molecule has 0 aromatic rings. The molecule has 2 fully saturated rings. The smallest absolute Gasteiger partial charge is 0.0293 e. The van der Waals surface area contributed by atoms with Crippen LogP contribution in [0, 0.1) is 39.9 Å². The van der Waals surface area contributed by atoms with E-state index in [0.717, 1.165) is 23.7 Å². The molecule has 0 radical (unpaired) electrons. The van der Waals surface area contributed by atoms with Gasteiger partial charge >= 0.3 is 0 Å². The van der Waals surface area contributed by atoms with E-state index in [0.29, 0.717) is 16.2 Å². The van der Waals surface area contributed by atoms with Crippen LogP contribution in [-0.4, -0.2) is 0 Å². The third-order valence-corrected chi connectivity index (χ3v) is 8.10. The standard InChI is InChI=1S/C23H44/c1-17-9-13-21(3,4)15-11-19(17)23(7,8)20-12-16-22(5,6)14-10-18(20)2/h17-20H,9-16H2,1-8H3. The van der Waals surface area contributed by atoms with E-state index >= 15 is 0 Å². The summed E-state index contributed by atoms with van der Waals surface area (Å²) < 4.78 is 0. The van der Waals surface area contributed by atoms with E-state index in [2.05, 4.69) is 55.4 Å². The molecule has 0 N–H and O–H groups in total. The van der Waals surface area contributed by atoms with Crippen molar-refractivity contribution >= 4 is 0 Å². The van der Waals surface area contributed by atoms with Crippen LogP contribution in [0.4, 0.5) is 0 Å². The Bertz CT molecular complexity index is 351. The number of rotatable bonds is 2. The zero-order valence-corrected chi connectivity index (χ0v) is 17.5. The highest BCUT2D eigenvalue weighted by Crippen LogP contribution is 2.54. The Kier molecular flexibility index (Phi) is 5.65. The maximum atomic E-state index is 2.63. The van der Waals surface area contributed by atoms with E-state index in [1.165, 1.54) is 51.4 Å². The van der Waals surface area contributed by atoms with Crippen LogP contribution in [0.5, 0.6) is 0 Å². The molecule has 0 heterocycles. The van der Waals surface area contributed by atoms with Gasteiger partial charge in [-0.15, -0.1) is 0 Å². The van der Waals surface area contributed by atoms with Gasteiger partial charge in [-0.2, -0.15) is 0 Å². The van der Waals surface area contributed by atoms with Crippen LogP contribution in [0.1, 0.15) is 107 Å². The van der Waals surface area contributed by atoms with Gasteiger partial charge < -0.3 is 0 Å². The molecule has 0 amide bonds. The van der Waals surface area contributed by atoms with Gasteiger partial charge in [0.2, 0.25) is 0 Å². The van der Waals surface area contributed by atoms with Gasteiger partial charge in [-0.25, -0.2) is 0 Å². The van der Waals surface area contributed by atoms with Crippen molar-refractivity contribution in [2.24, 2.45) is 39.9 Å². The first-order valence-corrected chi connectivity index (χ1v) is 10.4. The van der Waals surface area contributed by atoms with Crippen LogP contribution in [0.3, 0.4) is 0 Å². The molecule has 4 atom stereocenters. The van der Waals surface area contributed by atoms with Gasteiger partial charge in [0.05, 0.1) is 0 Å². The summed E-state index contributed by atoms with van der Waals surface area (Å²) in [6, 6.07) is 0. The van der Waals surface area contributed by atoms with Crippen molar-refractivity contribution in [3.05, 3.63) is 0 Å². The van der Waals surface area contributed by atoms with Crippen LogP contribution in [0.15, 0.2) is 0 Å². The lowest BCUT2D eigenvalue weighted by Crippen LogP contribution is -2.38. The van der Waals surface area contributed by atoms with E-state index in [-0.39, 0.29) is 0 Å². The van der Waals surface area contributed by atoms with Gasteiger partial charge in [-0.3, -0.25) is 0 Å². The summed E-state index contributed by atoms with van der Waals surface area (Å²) in [6.07, 6.45) is 11.5. The van der Waals surface area contributed by atoms with Crippen molar-refractivity contribution in [2.45, 2.75) is 107 Å². The summed E-state index contributed by atoms with van der Waals surface area (Å²) >= 11 is 0. The summed E-state index contributed by atoms with van der Waals surface area (Å²) in [5, 5.41) is 0. The topological polar surface area (TPSA) is 0 Å². The molecule has 2 aliphatic carbocycles. The molecule has 0 spiro atoms. The molecule has 0 saturated heterocycles. The average Bonchev–Trinajstić information content (AvgIpc) is 2.64. The van der Waals surface area contributed by atoms with Crippen molar-refractivity contribution in [1.82, 2.24) is 0 Å². The Morgan fingerprint density at radius 3 is 1.26 bits per heavy atom. The number of hydrogen-bond acceptors (Lipinski definition) is 0. The van der Waals surface area contributed by atoms with Crippen LogP contribution >= 0.6 is 0 Å². The largest absolute Gasteiger partial charge is 0.0622 e. The fourth-order valence-electron chi connectivity index (χ4n) is 6.04. The van der Waals surface area contributed by atoms with Gasteiger partial charge in [-0.1, -0.05) is 55.4 Å². The lowest BCUT2D eigenvalue weighted by molar-refractivity contribution is 0.0308. The molecular formula is C23H44. The predicted molar refractivity (Wildman–Crippen MR) is 104 cm³/mol. The first-order valence-electron chi connectivity index (χ1n) is 10.4. The zero-order valence-electron chi connectivity index (χ0n) is 17.5. The highest BCUT2D eigenvalue weighted by atomic mass is 14.5. The lowest BCUT2D eigenvalue weighted by Gasteiger charge is -2.46. The summed E-state index contributed by atoms with van der Waals surface area (Å²) in [6.45, 7) is 20.3. The van der Waals surface area contributed by atoms with Crippen molar-refractivity contribution in [3.63, 3.8) is 0 Å². The highest BCUT2D eigenvalue weighted by molar-refractivity contribution is 4.94. The van der Waals surface area contributed by atoms with E-state index in [9.17, 15) is 0 Å². The molecule has 23 heavy (non-hydrogen) atoms. The van der Waals surface area contributed by atoms with Gasteiger partial charge in [0.15, 0.2) is 0 Å². The third-order valence-electron chi connectivity index (χ3n) is 8.10.